The monoisotopic (exact) mass is 383 g/mol. The Kier molecular flexibility index (Phi) is 7.48. The zero-order valence-corrected chi connectivity index (χ0v) is 15.7. The summed E-state index contributed by atoms with van der Waals surface area (Å²) in [6.45, 7) is 0.725. The molecule has 136 valence electrons. The molecule has 0 fully saturated rings. The number of ether oxygens (including phenoxy) is 1. The predicted molar refractivity (Wildman–Crippen MR) is 101 cm³/mol. The third-order valence-corrected chi connectivity index (χ3v) is 5.86. The lowest BCUT2D eigenvalue weighted by Crippen LogP contribution is -2.29. The van der Waals surface area contributed by atoms with E-state index in [0.717, 1.165) is 11.1 Å². The van der Waals surface area contributed by atoms with Crippen molar-refractivity contribution >= 4 is 19.0 Å². The normalized spacial score (nSPS) is 14.7. The van der Waals surface area contributed by atoms with E-state index in [1.54, 1.807) is 25.3 Å². The fourth-order valence-electron chi connectivity index (χ4n) is 2.52. The van der Waals surface area contributed by atoms with Crippen molar-refractivity contribution in [3.8, 4) is 5.75 Å². The van der Waals surface area contributed by atoms with Gasteiger partial charge >= 0.3 is 0 Å². The van der Waals surface area contributed by atoms with Crippen molar-refractivity contribution in [2.75, 3.05) is 19.8 Å². The van der Waals surface area contributed by atoms with E-state index in [0.29, 0.717) is 17.3 Å². The number of rotatable bonds is 9. The summed E-state index contributed by atoms with van der Waals surface area (Å²) in [4.78, 5) is 10.1. The van der Waals surface area contributed by atoms with Crippen molar-refractivity contribution in [3.05, 3.63) is 64.7 Å². The molecule has 0 aliphatic carbocycles. The number of aliphatic hydroxyl groups is 1. The largest absolute Gasteiger partial charge is 0.495 e. The summed E-state index contributed by atoms with van der Waals surface area (Å²) >= 11 is 5.98. The van der Waals surface area contributed by atoms with Gasteiger partial charge < -0.3 is 20.1 Å². The van der Waals surface area contributed by atoms with Crippen molar-refractivity contribution in [1.82, 2.24) is 5.32 Å². The SMILES string of the molecule is COc1cc(CNC[C@H](O)CP(=O)(O)Cc2ccccc2)ccc1Cl. The number of hydrogen-bond donors (Lipinski definition) is 3. The molecule has 0 bridgehead atoms. The molecule has 0 heterocycles. The molecular formula is C18H23ClNO4P. The number of nitrogens with one attached hydrogen (secondary N) is 1. The van der Waals surface area contributed by atoms with Crippen LogP contribution in [-0.4, -0.2) is 35.9 Å². The van der Waals surface area contributed by atoms with Crippen LogP contribution >= 0.6 is 19.0 Å². The lowest BCUT2D eigenvalue weighted by atomic mass is 10.2. The van der Waals surface area contributed by atoms with Gasteiger partial charge in [0.15, 0.2) is 0 Å². The molecule has 5 nitrogen and oxygen atoms in total. The zero-order valence-electron chi connectivity index (χ0n) is 14.1. The van der Waals surface area contributed by atoms with Gasteiger partial charge in [0.05, 0.1) is 24.4 Å². The van der Waals surface area contributed by atoms with E-state index < -0.39 is 13.5 Å². The van der Waals surface area contributed by atoms with Crippen LogP contribution in [0.4, 0.5) is 0 Å². The first-order valence-electron chi connectivity index (χ1n) is 7.95. The first-order chi connectivity index (χ1) is 11.9. The quantitative estimate of drug-likeness (QED) is 0.579. The first-order valence-corrected chi connectivity index (χ1v) is 10.4. The average molecular weight is 384 g/mol. The van der Waals surface area contributed by atoms with Gasteiger partial charge in [-0.05, 0) is 23.3 Å². The highest BCUT2D eigenvalue weighted by atomic mass is 35.5. The molecule has 2 aromatic rings. The van der Waals surface area contributed by atoms with E-state index in [9.17, 15) is 14.6 Å². The minimum absolute atomic E-state index is 0.0687. The Labute approximate surface area is 153 Å². The van der Waals surface area contributed by atoms with E-state index >= 15 is 0 Å². The van der Waals surface area contributed by atoms with Gasteiger partial charge in [0.2, 0.25) is 7.37 Å². The number of hydrogen-bond acceptors (Lipinski definition) is 4. The Hall–Kier alpha value is -1.36. The average Bonchev–Trinajstić information content (AvgIpc) is 2.56. The van der Waals surface area contributed by atoms with Crippen LogP contribution < -0.4 is 10.1 Å². The second kappa shape index (κ2) is 9.37. The maximum absolute atomic E-state index is 12.3. The zero-order chi connectivity index (χ0) is 18.3. The standard InChI is InChI=1S/C18H23ClNO4P/c1-24-18-9-15(7-8-17(18)19)10-20-11-16(21)13-25(22,23)12-14-5-3-2-4-6-14/h2-9,16,20-21H,10-13H2,1H3,(H,22,23)/t16-/m0/s1. The molecule has 0 saturated carbocycles. The summed E-state index contributed by atoms with van der Waals surface area (Å²) < 4.78 is 17.4. The molecule has 1 unspecified atom stereocenters. The van der Waals surface area contributed by atoms with Crippen LogP contribution in [0.25, 0.3) is 0 Å². The van der Waals surface area contributed by atoms with Crippen molar-refractivity contribution < 1.29 is 19.3 Å². The smallest absolute Gasteiger partial charge is 0.207 e. The highest BCUT2D eigenvalue weighted by molar-refractivity contribution is 7.57. The lowest BCUT2D eigenvalue weighted by molar-refractivity contribution is 0.190. The van der Waals surface area contributed by atoms with Gasteiger partial charge in [-0.3, -0.25) is 4.57 Å². The van der Waals surface area contributed by atoms with Crippen LogP contribution in [0, 0.1) is 0 Å². The molecule has 2 atom stereocenters. The maximum atomic E-state index is 12.3. The molecule has 0 saturated heterocycles. The predicted octanol–water partition coefficient (Wildman–Crippen LogP) is 3.27. The minimum Gasteiger partial charge on any atom is -0.495 e. The summed E-state index contributed by atoms with van der Waals surface area (Å²) in [5.41, 5.74) is 1.74. The number of aliphatic hydroxyl groups excluding tert-OH is 1. The van der Waals surface area contributed by atoms with Crippen LogP contribution in [0.1, 0.15) is 11.1 Å². The van der Waals surface area contributed by atoms with Crippen molar-refractivity contribution in [2.45, 2.75) is 18.8 Å². The Morgan fingerprint density at radius 1 is 1.20 bits per heavy atom. The van der Waals surface area contributed by atoms with Crippen LogP contribution in [0.5, 0.6) is 5.75 Å². The Morgan fingerprint density at radius 2 is 1.92 bits per heavy atom. The fraction of sp³-hybridized carbons (Fsp3) is 0.333. The molecule has 0 aromatic heterocycles. The van der Waals surface area contributed by atoms with Gasteiger partial charge in [-0.1, -0.05) is 48.0 Å². The third kappa shape index (κ3) is 6.81. The minimum atomic E-state index is -3.43. The Balaban J connectivity index is 1.80. The second-order valence-corrected chi connectivity index (χ2v) is 8.71. The third-order valence-electron chi connectivity index (χ3n) is 3.69. The summed E-state index contributed by atoms with van der Waals surface area (Å²) in [5.74, 6) is 0.587. The molecule has 3 N–H and O–H groups in total. The van der Waals surface area contributed by atoms with Gasteiger partial charge in [0, 0.05) is 19.3 Å². The van der Waals surface area contributed by atoms with Crippen molar-refractivity contribution in [2.24, 2.45) is 0 Å². The molecule has 7 heteroatoms. The Morgan fingerprint density at radius 3 is 2.60 bits per heavy atom. The van der Waals surface area contributed by atoms with E-state index in [-0.39, 0.29) is 18.9 Å². The van der Waals surface area contributed by atoms with Crippen molar-refractivity contribution in [1.29, 1.82) is 0 Å². The summed E-state index contributed by atoms with van der Waals surface area (Å²) in [7, 11) is -1.88. The molecule has 0 aliphatic rings. The molecule has 2 rings (SSSR count). The molecular weight excluding hydrogens is 361 g/mol. The van der Waals surface area contributed by atoms with Gasteiger partial charge in [-0.15, -0.1) is 0 Å². The van der Waals surface area contributed by atoms with E-state index in [1.807, 2.05) is 30.3 Å². The lowest BCUT2D eigenvalue weighted by Gasteiger charge is -2.17. The van der Waals surface area contributed by atoms with Gasteiger partial charge in [0.25, 0.3) is 0 Å². The van der Waals surface area contributed by atoms with Crippen molar-refractivity contribution in [3.63, 3.8) is 0 Å². The topological polar surface area (TPSA) is 78.8 Å². The van der Waals surface area contributed by atoms with Crippen LogP contribution in [-0.2, 0) is 17.3 Å². The van der Waals surface area contributed by atoms with Gasteiger partial charge in [0.1, 0.15) is 5.75 Å². The number of methoxy groups -OCH3 is 1. The molecule has 0 aliphatic heterocycles. The van der Waals surface area contributed by atoms with Crippen LogP contribution in [0.15, 0.2) is 48.5 Å². The first kappa shape index (κ1) is 20.0. The fourth-order valence-corrected chi connectivity index (χ4v) is 4.42. The highest BCUT2D eigenvalue weighted by Crippen LogP contribution is 2.44. The summed E-state index contributed by atoms with van der Waals surface area (Å²) in [5, 5.41) is 13.7. The molecule has 0 amide bonds. The molecule has 25 heavy (non-hydrogen) atoms. The second-order valence-electron chi connectivity index (χ2n) is 5.93. The van der Waals surface area contributed by atoms with Gasteiger partial charge in [-0.2, -0.15) is 0 Å². The van der Waals surface area contributed by atoms with E-state index in [2.05, 4.69) is 5.32 Å². The highest BCUT2D eigenvalue weighted by Gasteiger charge is 2.23. The summed E-state index contributed by atoms with van der Waals surface area (Å²) in [6, 6.07) is 14.5. The number of halogens is 1. The molecule has 0 spiro atoms. The molecule has 0 radical (unpaired) electrons. The van der Waals surface area contributed by atoms with Crippen LogP contribution in [0.3, 0.4) is 0 Å². The Bertz CT molecular complexity index is 726. The van der Waals surface area contributed by atoms with E-state index in [4.69, 9.17) is 16.3 Å². The maximum Gasteiger partial charge on any atom is 0.207 e. The number of benzene rings is 2. The van der Waals surface area contributed by atoms with Gasteiger partial charge in [-0.25, -0.2) is 0 Å². The van der Waals surface area contributed by atoms with Crippen LogP contribution in [0.2, 0.25) is 5.02 Å². The molecule has 2 aromatic carbocycles. The summed E-state index contributed by atoms with van der Waals surface area (Å²) in [6.07, 6.45) is -0.966. The van der Waals surface area contributed by atoms with E-state index in [1.165, 1.54) is 0 Å².